The van der Waals surface area contributed by atoms with Crippen LogP contribution in [0, 0.1) is 13.8 Å². The van der Waals surface area contributed by atoms with Gasteiger partial charge in [-0.05, 0) is 76.8 Å². The van der Waals surface area contributed by atoms with Crippen LogP contribution in [-0.4, -0.2) is 6.29 Å². The van der Waals surface area contributed by atoms with Gasteiger partial charge in [0.2, 0.25) is 0 Å². The quantitative estimate of drug-likeness (QED) is 0.497. The van der Waals surface area contributed by atoms with E-state index in [2.05, 4.69) is 15.9 Å². The number of aldehydes is 1. The molecular formula is C20H21BrO3. The lowest BCUT2D eigenvalue weighted by atomic mass is 10.1. The lowest BCUT2D eigenvalue weighted by Gasteiger charge is -2.11. The summed E-state index contributed by atoms with van der Waals surface area (Å²) >= 11 is 3.50. The van der Waals surface area contributed by atoms with Crippen molar-refractivity contribution >= 4 is 33.2 Å². The van der Waals surface area contributed by atoms with E-state index in [4.69, 9.17) is 9.15 Å². The number of aryl methyl sites for hydroxylation is 2. The molecule has 24 heavy (non-hydrogen) atoms. The Kier molecular flexibility index (Phi) is 6.21. The molecular weight excluding hydrogens is 368 g/mol. The Balaban J connectivity index is 0.00000100. The maximum Gasteiger partial charge on any atom is 0.153 e. The molecule has 1 aromatic heterocycles. The second kappa shape index (κ2) is 8.15. The van der Waals surface area contributed by atoms with Crippen molar-refractivity contribution in [3.8, 4) is 5.75 Å². The third-order valence-corrected chi connectivity index (χ3v) is 4.30. The maximum atomic E-state index is 11.2. The summed E-state index contributed by atoms with van der Waals surface area (Å²) in [6.07, 6.45) is 2.49. The Morgan fingerprint density at radius 3 is 2.54 bits per heavy atom. The van der Waals surface area contributed by atoms with Gasteiger partial charge < -0.3 is 9.15 Å². The van der Waals surface area contributed by atoms with Gasteiger partial charge in [-0.25, -0.2) is 0 Å². The lowest BCUT2D eigenvalue weighted by Crippen LogP contribution is -2.00. The van der Waals surface area contributed by atoms with Gasteiger partial charge in [-0.2, -0.15) is 0 Å². The molecule has 0 aliphatic carbocycles. The molecule has 0 N–H and O–H groups in total. The molecule has 2 aromatic carbocycles. The fourth-order valence-electron chi connectivity index (χ4n) is 2.37. The molecule has 0 unspecified atom stereocenters. The van der Waals surface area contributed by atoms with E-state index in [1.165, 1.54) is 0 Å². The van der Waals surface area contributed by atoms with Crippen molar-refractivity contribution in [3.05, 3.63) is 63.3 Å². The third-order valence-electron chi connectivity index (χ3n) is 3.71. The number of hydrogen-bond donors (Lipinski definition) is 0. The average Bonchev–Trinajstić information content (AvgIpc) is 3.06. The molecule has 0 saturated carbocycles. The van der Waals surface area contributed by atoms with Gasteiger partial charge in [0.05, 0.1) is 16.3 Å². The van der Waals surface area contributed by atoms with Crippen LogP contribution < -0.4 is 4.74 Å². The van der Waals surface area contributed by atoms with Crippen LogP contribution in [0.2, 0.25) is 0 Å². The van der Waals surface area contributed by atoms with Crippen LogP contribution in [0.3, 0.4) is 0 Å². The largest absolute Gasteiger partial charge is 0.488 e. The molecule has 0 spiro atoms. The van der Waals surface area contributed by atoms with Crippen molar-refractivity contribution < 1.29 is 13.9 Å². The normalized spacial score (nSPS) is 10.2. The third kappa shape index (κ3) is 3.88. The van der Waals surface area contributed by atoms with Crippen LogP contribution in [0.25, 0.3) is 11.0 Å². The molecule has 0 aliphatic heterocycles. The molecule has 126 valence electrons. The second-order valence-corrected chi connectivity index (χ2v) is 6.15. The molecule has 1 heterocycles. The number of carbonyl (C=O) groups is 1. The highest BCUT2D eigenvalue weighted by Gasteiger charge is 2.09. The van der Waals surface area contributed by atoms with Gasteiger partial charge >= 0.3 is 0 Å². The molecule has 3 aromatic rings. The van der Waals surface area contributed by atoms with Crippen LogP contribution in [0.1, 0.15) is 40.9 Å². The lowest BCUT2D eigenvalue weighted by molar-refractivity contribution is 0.111. The number of carbonyl (C=O) groups excluding carboxylic acids is 1. The standard InChI is InChI=1S/C18H15BrO3.C2H6/c1-11-5-15(9-20)17(6-12(11)2)22-10-13-7-14-3-4-21-18(14)16(19)8-13;1-2/h3-9H,10H2,1-2H3;1-2H3. The van der Waals surface area contributed by atoms with Crippen LogP contribution >= 0.6 is 15.9 Å². The molecule has 3 rings (SSSR count). The van der Waals surface area contributed by atoms with E-state index in [0.29, 0.717) is 17.9 Å². The van der Waals surface area contributed by atoms with E-state index in [0.717, 1.165) is 38.4 Å². The molecule has 0 saturated heterocycles. The van der Waals surface area contributed by atoms with Gasteiger partial charge in [0.25, 0.3) is 0 Å². The van der Waals surface area contributed by atoms with Crippen molar-refractivity contribution in [3.63, 3.8) is 0 Å². The number of hydrogen-bond acceptors (Lipinski definition) is 3. The fraction of sp³-hybridized carbons (Fsp3) is 0.250. The number of benzene rings is 2. The molecule has 4 heteroatoms. The monoisotopic (exact) mass is 388 g/mol. The summed E-state index contributed by atoms with van der Waals surface area (Å²) in [7, 11) is 0. The molecule has 0 fully saturated rings. The molecule has 0 aliphatic rings. The highest BCUT2D eigenvalue weighted by atomic mass is 79.9. The highest BCUT2D eigenvalue weighted by molar-refractivity contribution is 9.10. The number of fused-ring (bicyclic) bond motifs is 1. The van der Waals surface area contributed by atoms with E-state index in [-0.39, 0.29) is 0 Å². The molecule has 0 radical (unpaired) electrons. The minimum absolute atomic E-state index is 0.392. The van der Waals surface area contributed by atoms with Crippen molar-refractivity contribution in [2.45, 2.75) is 34.3 Å². The van der Waals surface area contributed by atoms with Crippen LogP contribution in [0.15, 0.2) is 45.5 Å². The minimum Gasteiger partial charge on any atom is -0.488 e. The highest BCUT2D eigenvalue weighted by Crippen LogP contribution is 2.28. The summed E-state index contributed by atoms with van der Waals surface area (Å²) < 4.78 is 12.1. The Morgan fingerprint density at radius 2 is 1.83 bits per heavy atom. The first-order valence-corrected chi connectivity index (χ1v) is 8.72. The van der Waals surface area contributed by atoms with Gasteiger partial charge in [0.15, 0.2) is 6.29 Å². The molecule has 0 bridgehead atoms. The minimum atomic E-state index is 0.392. The zero-order chi connectivity index (χ0) is 17.7. The Morgan fingerprint density at radius 1 is 1.12 bits per heavy atom. The van der Waals surface area contributed by atoms with Crippen molar-refractivity contribution in [1.82, 2.24) is 0 Å². The van der Waals surface area contributed by atoms with Crippen molar-refractivity contribution in [2.75, 3.05) is 0 Å². The number of halogens is 1. The SMILES string of the molecule is CC.Cc1cc(C=O)c(OCc2cc(Br)c3occc3c2)cc1C. The first-order chi connectivity index (χ1) is 11.6. The van der Waals surface area contributed by atoms with Crippen LogP contribution in [0.5, 0.6) is 5.75 Å². The predicted octanol–water partition coefficient (Wildman–Crippen LogP) is 6.23. The van der Waals surface area contributed by atoms with Gasteiger partial charge in [0.1, 0.15) is 17.9 Å². The molecule has 0 amide bonds. The van der Waals surface area contributed by atoms with E-state index in [1.54, 1.807) is 6.26 Å². The summed E-state index contributed by atoms with van der Waals surface area (Å²) in [4.78, 5) is 11.2. The Labute approximate surface area is 150 Å². The molecule has 3 nitrogen and oxygen atoms in total. The van der Waals surface area contributed by atoms with Gasteiger partial charge in [0, 0.05) is 5.39 Å². The van der Waals surface area contributed by atoms with Gasteiger partial charge in [-0.3, -0.25) is 4.79 Å². The summed E-state index contributed by atoms with van der Waals surface area (Å²) in [5.41, 5.74) is 4.59. The van der Waals surface area contributed by atoms with Gasteiger partial charge in [-0.1, -0.05) is 13.8 Å². The number of rotatable bonds is 4. The topological polar surface area (TPSA) is 39.4 Å². The molecule has 0 atom stereocenters. The zero-order valence-corrected chi connectivity index (χ0v) is 15.9. The number of ether oxygens (including phenoxy) is 1. The van der Waals surface area contributed by atoms with Crippen molar-refractivity contribution in [1.29, 1.82) is 0 Å². The van der Waals surface area contributed by atoms with Crippen molar-refractivity contribution in [2.24, 2.45) is 0 Å². The number of furan rings is 1. The van der Waals surface area contributed by atoms with Gasteiger partial charge in [-0.15, -0.1) is 0 Å². The summed E-state index contributed by atoms with van der Waals surface area (Å²) in [6.45, 7) is 8.38. The van der Waals surface area contributed by atoms with E-state index >= 15 is 0 Å². The fourth-order valence-corrected chi connectivity index (χ4v) is 2.99. The van der Waals surface area contributed by atoms with Crippen LogP contribution in [0.4, 0.5) is 0 Å². The summed E-state index contributed by atoms with van der Waals surface area (Å²) in [6, 6.07) is 9.66. The maximum absolute atomic E-state index is 11.2. The first kappa shape index (κ1) is 18.3. The first-order valence-electron chi connectivity index (χ1n) is 7.93. The van der Waals surface area contributed by atoms with E-state index < -0.39 is 0 Å². The summed E-state index contributed by atoms with van der Waals surface area (Å²) in [5.74, 6) is 0.613. The summed E-state index contributed by atoms with van der Waals surface area (Å²) in [5, 5.41) is 1.02. The van der Waals surface area contributed by atoms with E-state index in [9.17, 15) is 4.79 Å². The Hall–Kier alpha value is -2.07. The Bertz CT molecular complexity index is 849. The average molecular weight is 389 g/mol. The predicted molar refractivity (Wildman–Crippen MR) is 101 cm³/mol. The van der Waals surface area contributed by atoms with E-state index in [1.807, 2.05) is 58.0 Å². The second-order valence-electron chi connectivity index (χ2n) is 5.30. The zero-order valence-electron chi connectivity index (χ0n) is 14.4. The smallest absolute Gasteiger partial charge is 0.153 e. The van der Waals surface area contributed by atoms with Crippen LogP contribution in [-0.2, 0) is 6.61 Å².